The monoisotopic (exact) mass is 270 g/mol. The van der Waals surface area contributed by atoms with E-state index in [1.165, 1.54) is 0 Å². The van der Waals surface area contributed by atoms with Crippen molar-refractivity contribution in [2.24, 2.45) is 0 Å². The molecule has 1 heterocycles. The van der Waals surface area contributed by atoms with Crippen molar-refractivity contribution in [3.05, 3.63) is 53.9 Å². The zero-order valence-electron chi connectivity index (χ0n) is 11.2. The summed E-state index contributed by atoms with van der Waals surface area (Å²) in [7, 11) is 0. The molecule has 1 atom stereocenters. The van der Waals surface area contributed by atoms with E-state index in [9.17, 15) is 9.90 Å². The SMILES string of the molecule is O=C(Cn1cc2c(c1)C(O)CCC2)Nc1ccccc1. The normalized spacial score (nSPS) is 17.6. The van der Waals surface area contributed by atoms with Gasteiger partial charge in [-0.2, -0.15) is 0 Å². The molecule has 1 unspecified atom stereocenters. The molecule has 1 aromatic heterocycles. The van der Waals surface area contributed by atoms with Gasteiger partial charge in [-0.3, -0.25) is 4.79 Å². The Labute approximate surface area is 118 Å². The number of benzene rings is 1. The van der Waals surface area contributed by atoms with Gasteiger partial charge in [-0.15, -0.1) is 0 Å². The number of nitrogens with zero attached hydrogens (tertiary/aromatic N) is 1. The minimum Gasteiger partial charge on any atom is -0.388 e. The summed E-state index contributed by atoms with van der Waals surface area (Å²) < 4.78 is 1.86. The number of rotatable bonds is 3. The van der Waals surface area contributed by atoms with E-state index in [2.05, 4.69) is 5.32 Å². The molecule has 0 saturated carbocycles. The molecule has 2 aromatic rings. The van der Waals surface area contributed by atoms with Crippen LogP contribution in [0.3, 0.4) is 0 Å². The Bertz CT molecular complexity index is 604. The predicted molar refractivity (Wildman–Crippen MR) is 77.4 cm³/mol. The van der Waals surface area contributed by atoms with E-state index in [0.717, 1.165) is 36.1 Å². The maximum atomic E-state index is 12.0. The molecule has 0 radical (unpaired) electrons. The van der Waals surface area contributed by atoms with Gasteiger partial charge in [0.1, 0.15) is 6.54 Å². The lowest BCUT2D eigenvalue weighted by Crippen LogP contribution is -2.17. The first kappa shape index (κ1) is 12.9. The van der Waals surface area contributed by atoms with E-state index in [0.29, 0.717) is 0 Å². The standard InChI is InChI=1S/C16H18N2O2/c19-15-8-4-5-12-9-18(10-14(12)15)11-16(20)17-13-6-2-1-3-7-13/h1-3,6-7,9-10,15,19H,4-5,8,11H2,(H,17,20). The molecule has 4 heteroatoms. The first-order valence-corrected chi connectivity index (χ1v) is 6.94. The van der Waals surface area contributed by atoms with Gasteiger partial charge >= 0.3 is 0 Å². The molecule has 1 aromatic carbocycles. The first-order valence-electron chi connectivity index (χ1n) is 6.94. The lowest BCUT2D eigenvalue weighted by atomic mass is 9.93. The highest BCUT2D eigenvalue weighted by Gasteiger charge is 2.20. The Balaban J connectivity index is 1.67. The molecular weight excluding hydrogens is 252 g/mol. The Morgan fingerprint density at radius 1 is 1.30 bits per heavy atom. The van der Waals surface area contributed by atoms with E-state index in [4.69, 9.17) is 0 Å². The van der Waals surface area contributed by atoms with Crippen molar-refractivity contribution in [3.63, 3.8) is 0 Å². The summed E-state index contributed by atoms with van der Waals surface area (Å²) >= 11 is 0. The molecule has 0 fully saturated rings. The van der Waals surface area contributed by atoms with Crippen LogP contribution in [0.4, 0.5) is 5.69 Å². The number of aromatic nitrogens is 1. The van der Waals surface area contributed by atoms with Crippen LogP contribution < -0.4 is 5.32 Å². The third-order valence-corrected chi connectivity index (χ3v) is 3.66. The zero-order chi connectivity index (χ0) is 13.9. The summed E-state index contributed by atoms with van der Waals surface area (Å²) in [5.74, 6) is -0.0574. The number of amides is 1. The summed E-state index contributed by atoms with van der Waals surface area (Å²) in [5, 5.41) is 12.8. The van der Waals surface area contributed by atoms with Crippen molar-refractivity contribution in [2.45, 2.75) is 31.9 Å². The second kappa shape index (κ2) is 5.51. The number of carbonyl (C=O) groups excluding carboxylic acids is 1. The van der Waals surface area contributed by atoms with Crippen LogP contribution in [0.5, 0.6) is 0 Å². The highest BCUT2D eigenvalue weighted by Crippen LogP contribution is 2.30. The molecule has 3 rings (SSSR count). The lowest BCUT2D eigenvalue weighted by Gasteiger charge is -2.16. The largest absolute Gasteiger partial charge is 0.388 e. The topological polar surface area (TPSA) is 54.3 Å². The molecule has 2 N–H and O–H groups in total. The number of para-hydroxylation sites is 1. The van der Waals surface area contributed by atoms with Gasteiger partial charge in [0.15, 0.2) is 0 Å². The number of hydrogen-bond donors (Lipinski definition) is 2. The number of carbonyl (C=O) groups is 1. The predicted octanol–water partition coefficient (Wildman–Crippen LogP) is 2.50. The van der Waals surface area contributed by atoms with E-state index in [-0.39, 0.29) is 18.6 Å². The van der Waals surface area contributed by atoms with Gasteiger partial charge in [-0.25, -0.2) is 0 Å². The van der Waals surface area contributed by atoms with Gasteiger partial charge in [0.25, 0.3) is 0 Å². The van der Waals surface area contributed by atoms with Crippen molar-refractivity contribution >= 4 is 11.6 Å². The minimum atomic E-state index is -0.378. The summed E-state index contributed by atoms with van der Waals surface area (Å²) in [5.41, 5.74) is 2.94. The number of aliphatic hydroxyl groups is 1. The summed E-state index contributed by atoms with van der Waals surface area (Å²) in [4.78, 5) is 12.0. The summed E-state index contributed by atoms with van der Waals surface area (Å²) in [6.45, 7) is 0.272. The molecule has 104 valence electrons. The Morgan fingerprint density at radius 3 is 2.85 bits per heavy atom. The summed E-state index contributed by atoms with van der Waals surface area (Å²) in [6, 6.07) is 9.42. The second-order valence-corrected chi connectivity index (χ2v) is 5.23. The third-order valence-electron chi connectivity index (χ3n) is 3.66. The van der Waals surface area contributed by atoms with Crippen LogP contribution in [-0.2, 0) is 17.8 Å². The van der Waals surface area contributed by atoms with Gasteiger partial charge in [0.2, 0.25) is 5.91 Å². The molecule has 4 nitrogen and oxygen atoms in total. The molecule has 20 heavy (non-hydrogen) atoms. The van der Waals surface area contributed by atoms with Gasteiger partial charge in [0.05, 0.1) is 6.10 Å². The fraction of sp³-hybridized carbons (Fsp3) is 0.312. The van der Waals surface area contributed by atoms with Crippen molar-refractivity contribution in [2.75, 3.05) is 5.32 Å². The molecule has 0 bridgehead atoms. The van der Waals surface area contributed by atoms with E-state index in [1.807, 2.05) is 47.3 Å². The molecule has 1 amide bonds. The fourth-order valence-corrected chi connectivity index (χ4v) is 2.70. The highest BCUT2D eigenvalue weighted by molar-refractivity contribution is 5.90. The van der Waals surface area contributed by atoms with E-state index in [1.54, 1.807) is 0 Å². The minimum absolute atomic E-state index is 0.0574. The zero-order valence-corrected chi connectivity index (χ0v) is 11.2. The molecule has 1 aliphatic rings. The number of fused-ring (bicyclic) bond motifs is 1. The third kappa shape index (κ3) is 2.75. The molecule has 1 aliphatic carbocycles. The number of aliphatic hydroxyl groups excluding tert-OH is 1. The molecule has 0 spiro atoms. The Kier molecular flexibility index (Phi) is 3.56. The van der Waals surface area contributed by atoms with Gasteiger partial charge < -0.3 is 15.0 Å². The van der Waals surface area contributed by atoms with Crippen LogP contribution in [0.2, 0.25) is 0 Å². The molecule has 0 saturated heterocycles. The number of nitrogens with one attached hydrogen (secondary N) is 1. The highest BCUT2D eigenvalue weighted by atomic mass is 16.3. The number of aryl methyl sites for hydroxylation is 1. The maximum Gasteiger partial charge on any atom is 0.244 e. The Morgan fingerprint density at radius 2 is 2.10 bits per heavy atom. The maximum absolute atomic E-state index is 12.0. The average Bonchev–Trinajstić information content (AvgIpc) is 2.83. The first-order chi connectivity index (χ1) is 9.72. The van der Waals surface area contributed by atoms with Gasteiger partial charge in [-0.1, -0.05) is 18.2 Å². The fourth-order valence-electron chi connectivity index (χ4n) is 2.70. The van der Waals surface area contributed by atoms with Crippen LogP contribution in [0.1, 0.15) is 30.1 Å². The van der Waals surface area contributed by atoms with Crippen LogP contribution in [0.25, 0.3) is 0 Å². The van der Waals surface area contributed by atoms with Crippen LogP contribution >= 0.6 is 0 Å². The van der Waals surface area contributed by atoms with E-state index >= 15 is 0 Å². The average molecular weight is 270 g/mol. The van der Waals surface area contributed by atoms with Crippen molar-refractivity contribution in [3.8, 4) is 0 Å². The number of hydrogen-bond acceptors (Lipinski definition) is 2. The van der Waals surface area contributed by atoms with Crippen molar-refractivity contribution < 1.29 is 9.90 Å². The molecule has 0 aliphatic heterocycles. The molecular formula is C16H18N2O2. The Hall–Kier alpha value is -2.07. The van der Waals surface area contributed by atoms with Gasteiger partial charge in [-0.05, 0) is 37.0 Å². The van der Waals surface area contributed by atoms with Crippen molar-refractivity contribution in [1.82, 2.24) is 4.57 Å². The second-order valence-electron chi connectivity index (χ2n) is 5.23. The lowest BCUT2D eigenvalue weighted by molar-refractivity contribution is -0.116. The quantitative estimate of drug-likeness (QED) is 0.900. The van der Waals surface area contributed by atoms with Gasteiger partial charge in [0, 0.05) is 23.6 Å². The smallest absolute Gasteiger partial charge is 0.244 e. The number of anilines is 1. The summed E-state index contributed by atoms with van der Waals surface area (Å²) in [6.07, 6.45) is 6.30. The van der Waals surface area contributed by atoms with Crippen LogP contribution in [0, 0.1) is 0 Å². The van der Waals surface area contributed by atoms with Crippen LogP contribution in [-0.4, -0.2) is 15.6 Å². The van der Waals surface area contributed by atoms with Crippen LogP contribution in [0.15, 0.2) is 42.7 Å². The van der Waals surface area contributed by atoms with Crippen molar-refractivity contribution in [1.29, 1.82) is 0 Å². The van der Waals surface area contributed by atoms with E-state index < -0.39 is 0 Å².